The Morgan fingerprint density at radius 1 is 1.26 bits per heavy atom. The van der Waals surface area contributed by atoms with Crippen LogP contribution in [0.1, 0.15) is 0 Å². The van der Waals surface area contributed by atoms with Crippen molar-refractivity contribution in [3.8, 4) is 23.0 Å². The number of aromatic hydroxyl groups is 1. The average molecular weight is 288 g/mol. The van der Waals surface area contributed by atoms with Gasteiger partial charge in [0.05, 0.1) is 26.6 Å². The number of carbonyl (C=O) groups is 1. The Hall–Kier alpha value is -1.76. The van der Waals surface area contributed by atoms with Gasteiger partial charge in [0.2, 0.25) is 5.75 Å². The van der Waals surface area contributed by atoms with Crippen LogP contribution in [-0.4, -0.2) is 48.5 Å². The van der Waals surface area contributed by atoms with E-state index in [4.69, 9.17) is 19.3 Å². The first-order valence-corrected chi connectivity index (χ1v) is 6.61. The summed E-state index contributed by atoms with van der Waals surface area (Å²) in [5, 5.41) is 18.2. The molecule has 7 heteroatoms. The smallest absolute Gasteiger partial charge is 0.313 e. The Bertz CT molecular complexity index is 409. The molecule has 1 rings (SSSR count). The molecule has 0 heterocycles. The van der Waals surface area contributed by atoms with E-state index in [0.717, 1.165) is 0 Å². The molecule has 0 aliphatic heterocycles. The minimum Gasteiger partial charge on any atom is -0.502 e. The van der Waals surface area contributed by atoms with Gasteiger partial charge in [-0.2, -0.15) is 0 Å². The topological polar surface area (TPSA) is 85.2 Å². The highest BCUT2D eigenvalue weighted by Crippen LogP contribution is 2.39. The van der Waals surface area contributed by atoms with E-state index in [9.17, 15) is 9.90 Å². The molecule has 0 atom stereocenters. The number of carboxylic acids is 1. The van der Waals surface area contributed by atoms with E-state index >= 15 is 0 Å². The standard InChI is InChI=1S/C12H16O6S/c1-16-9-5-8(6-10(17-2)12(9)15)18-3-4-19-7-11(13)14/h5-6,15H,3-4,7H2,1-2H3,(H,13,14). The van der Waals surface area contributed by atoms with Crippen molar-refractivity contribution in [2.24, 2.45) is 0 Å². The summed E-state index contributed by atoms with van der Waals surface area (Å²) in [5.41, 5.74) is 0. The van der Waals surface area contributed by atoms with E-state index in [1.807, 2.05) is 0 Å². The second-order valence-corrected chi connectivity index (χ2v) is 4.58. The lowest BCUT2D eigenvalue weighted by Crippen LogP contribution is -2.04. The van der Waals surface area contributed by atoms with E-state index in [-0.39, 0.29) is 23.0 Å². The SMILES string of the molecule is COc1cc(OCCSCC(=O)O)cc(OC)c1O. The van der Waals surface area contributed by atoms with Crippen LogP contribution < -0.4 is 14.2 Å². The van der Waals surface area contributed by atoms with Gasteiger partial charge in [-0.05, 0) is 0 Å². The van der Waals surface area contributed by atoms with Gasteiger partial charge in [-0.3, -0.25) is 4.79 Å². The molecule has 6 nitrogen and oxygen atoms in total. The molecule has 0 unspecified atom stereocenters. The molecule has 0 aliphatic rings. The quantitative estimate of drug-likeness (QED) is 0.703. The molecule has 0 bridgehead atoms. The fraction of sp³-hybridized carbons (Fsp3) is 0.417. The molecular weight excluding hydrogens is 272 g/mol. The highest BCUT2D eigenvalue weighted by molar-refractivity contribution is 7.99. The molecular formula is C12H16O6S. The Kier molecular flexibility index (Phi) is 6.14. The van der Waals surface area contributed by atoms with Crippen molar-refractivity contribution < 1.29 is 29.2 Å². The number of phenolic OH excluding ortho intramolecular Hbond substituents is 1. The van der Waals surface area contributed by atoms with Crippen LogP contribution in [-0.2, 0) is 4.79 Å². The maximum absolute atomic E-state index is 10.3. The summed E-state index contributed by atoms with van der Waals surface area (Å²) in [6.45, 7) is 0.356. The summed E-state index contributed by atoms with van der Waals surface area (Å²) in [6, 6.07) is 3.08. The summed E-state index contributed by atoms with van der Waals surface area (Å²) >= 11 is 1.27. The molecule has 0 radical (unpaired) electrons. The fourth-order valence-electron chi connectivity index (χ4n) is 1.33. The summed E-state index contributed by atoms with van der Waals surface area (Å²) in [4.78, 5) is 10.3. The Balaban J connectivity index is 2.56. The largest absolute Gasteiger partial charge is 0.502 e. The third-order valence-electron chi connectivity index (χ3n) is 2.18. The van der Waals surface area contributed by atoms with Gasteiger partial charge in [-0.1, -0.05) is 0 Å². The second kappa shape index (κ2) is 7.63. The number of ether oxygens (including phenoxy) is 3. The lowest BCUT2D eigenvalue weighted by Gasteiger charge is -2.12. The van der Waals surface area contributed by atoms with Crippen LogP contribution in [0.15, 0.2) is 12.1 Å². The Morgan fingerprint density at radius 2 is 1.84 bits per heavy atom. The predicted octanol–water partition coefficient (Wildman–Crippen LogP) is 1.61. The van der Waals surface area contributed by atoms with E-state index in [1.54, 1.807) is 12.1 Å². The van der Waals surface area contributed by atoms with Crippen LogP contribution in [0.3, 0.4) is 0 Å². The third kappa shape index (κ3) is 4.78. The number of methoxy groups -OCH3 is 2. The van der Waals surface area contributed by atoms with Crippen molar-refractivity contribution >= 4 is 17.7 Å². The predicted molar refractivity (Wildman–Crippen MR) is 71.7 cm³/mol. The monoisotopic (exact) mass is 288 g/mol. The molecule has 1 aromatic carbocycles. The second-order valence-electron chi connectivity index (χ2n) is 3.47. The zero-order valence-corrected chi connectivity index (χ0v) is 11.5. The lowest BCUT2D eigenvalue weighted by molar-refractivity contribution is -0.133. The van der Waals surface area contributed by atoms with Gasteiger partial charge < -0.3 is 24.4 Å². The fourth-order valence-corrected chi connectivity index (χ4v) is 1.85. The average Bonchev–Trinajstić information content (AvgIpc) is 2.39. The van der Waals surface area contributed by atoms with E-state index in [0.29, 0.717) is 18.1 Å². The molecule has 0 fully saturated rings. The number of aliphatic carboxylic acids is 1. The van der Waals surface area contributed by atoms with E-state index in [2.05, 4.69) is 0 Å². The van der Waals surface area contributed by atoms with Gasteiger partial charge in [-0.25, -0.2) is 0 Å². The molecule has 106 valence electrons. The molecule has 0 amide bonds. The van der Waals surface area contributed by atoms with Crippen molar-refractivity contribution in [2.75, 3.05) is 32.3 Å². The first-order chi connectivity index (χ1) is 9.08. The van der Waals surface area contributed by atoms with Gasteiger partial charge in [0.1, 0.15) is 5.75 Å². The number of benzene rings is 1. The molecule has 2 N–H and O–H groups in total. The molecule has 19 heavy (non-hydrogen) atoms. The van der Waals surface area contributed by atoms with Gasteiger partial charge in [0.15, 0.2) is 11.5 Å². The first-order valence-electron chi connectivity index (χ1n) is 5.45. The van der Waals surface area contributed by atoms with Gasteiger partial charge >= 0.3 is 5.97 Å². The highest BCUT2D eigenvalue weighted by Gasteiger charge is 2.11. The minimum absolute atomic E-state index is 0.0472. The number of rotatable bonds is 8. The maximum atomic E-state index is 10.3. The zero-order valence-electron chi connectivity index (χ0n) is 10.7. The van der Waals surface area contributed by atoms with E-state index in [1.165, 1.54) is 26.0 Å². The van der Waals surface area contributed by atoms with Crippen LogP contribution in [0.5, 0.6) is 23.0 Å². The van der Waals surface area contributed by atoms with Crippen molar-refractivity contribution in [1.82, 2.24) is 0 Å². The molecule has 0 aromatic heterocycles. The van der Waals surface area contributed by atoms with Crippen LogP contribution >= 0.6 is 11.8 Å². The van der Waals surface area contributed by atoms with Gasteiger partial charge in [0.25, 0.3) is 0 Å². The molecule has 0 saturated heterocycles. The number of hydrogen-bond acceptors (Lipinski definition) is 6. The van der Waals surface area contributed by atoms with Gasteiger partial charge in [-0.15, -0.1) is 11.8 Å². The molecule has 1 aromatic rings. The summed E-state index contributed by atoms with van der Waals surface area (Å²) in [5.74, 6) is 0.668. The Morgan fingerprint density at radius 3 is 2.32 bits per heavy atom. The van der Waals surface area contributed by atoms with Gasteiger partial charge in [0, 0.05) is 17.9 Å². The van der Waals surface area contributed by atoms with Crippen LogP contribution in [0.25, 0.3) is 0 Å². The van der Waals surface area contributed by atoms with Crippen LogP contribution in [0, 0.1) is 0 Å². The van der Waals surface area contributed by atoms with Crippen molar-refractivity contribution in [2.45, 2.75) is 0 Å². The van der Waals surface area contributed by atoms with Crippen molar-refractivity contribution in [3.05, 3.63) is 12.1 Å². The highest BCUT2D eigenvalue weighted by atomic mass is 32.2. The van der Waals surface area contributed by atoms with Crippen LogP contribution in [0.2, 0.25) is 0 Å². The molecule has 0 saturated carbocycles. The lowest BCUT2D eigenvalue weighted by atomic mass is 10.2. The van der Waals surface area contributed by atoms with E-state index < -0.39 is 5.97 Å². The Labute approximate surface area is 115 Å². The number of thioether (sulfide) groups is 1. The zero-order chi connectivity index (χ0) is 14.3. The summed E-state index contributed by atoms with van der Waals surface area (Å²) < 4.78 is 15.4. The summed E-state index contributed by atoms with van der Waals surface area (Å²) in [7, 11) is 2.86. The first kappa shape index (κ1) is 15.3. The number of hydrogen-bond donors (Lipinski definition) is 2. The van der Waals surface area contributed by atoms with Crippen molar-refractivity contribution in [1.29, 1.82) is 0 Å². The normalized spacial score (nSPS) is 10.0. The number of phenols is 1. The maximum Gasteiger partial charge on any atom is 0.313 e. The number of carboxylic acid groups (broad SMARTS) is 1. The summed E-state index contributed by atoms with van der Waals surface area (Å²) in [6.07, 6.45) is 0. The van der Waals surface area contributed by atoms with Crippen molar-refractivity contribution in [3.63, 3.8) is 0 Å². The molecule has 0 spiro atoms. The molecule has 0 aliphatic carbocycles. The minimum atomic E-state index is -0.849. The van der Waals surface area contributed by atoms with Crippen LogP contribution in [0.4, 0.5) is 0 Å². The third-order valence-corrected chi connectivity index (χ3v) is 3.08.